The van der Waals surface area contributed by atoms with Crippen LogP contribution in [-0.4, -0.2) is 16.8 Å². The molecule has 17 heavy (non-hydrogen) atoms. The van der Waals surface area contributed by atoms with Crippen molar-refractivity contribution in [2.24, 2.45) is 0 Å². The molecule has 0 saturated heterocycles. The average Bonchev–Trinajstić information content (AvgIpc) is 2.65. The van der Waals surface area contributed by atoms with Crippen molar-refractivity contribution in [1.82, 2.24) is 15.1 Å². The second kappa shape index (κ2) is 5.10. The van der Waals surface area contributed by atoms with Gasteiger partial charge in [0, 0.05) is 23.4 Å². The zero-order chi connectivity index (χ0) is 12.3. The molecule has 1 aromatic carbocycles. The van der Waals surface area contributed by atoms with Crippen molar-refractivity contribution in [2.75, 3.05) is 7.05 Å². The average molecular weight is 233 g/mol. The molecule has 0 aliphatic heterocycles. The number of aromatic nitrogens is 2. The van der Waals surface area contributed by atoms with Gasteiger partial charge in [0.2, 0.25) is 0 Å². The number of halogens is 1. The Morgan fingerprint density at radius 3 is 2.76 bits per heavy atom. The molecule has 0 atom stereocenters. The Morgan fingerprint density at radius 1 is 1.29 bits per heavy atom. The predicted octanol–water partition coefficient (Wildman–Crippen LogP) is 2.10. The summed E-state index contributed by atoms with van der Waals surface area (Å²) in [6.07, 6.45) is 1.83. The third-order valence-electron chi connectivity index (χ3n) is 2.85. The van der Waals surface area contributed by atoms with E-state index in [1.54, 1.807) is 12.1 Å². The minimum atomic E-state index is -0.183. The summed E-state index contributed by atoms with van der Waals surface area (Å²) in [7, 11) is 1.90. The summed E-state index contributed by atoms with van der Waals surface area (Å²) in [6, 6.07) is 6.80. The van der Waals surface area contributed by atoms with Crippen molar-refractivity contribution in [2.45, 2.75) is 20.0 Å². The van der Waals surface area contributed by atoms with Crippen LogP contribution in [0.15, 0.2) is 30.5 Å². The van der Waals surface area contributed by atoms with Crippen LogP contribution < -0.4 is 5.32 Å². The molecule has 0 unspecified atom stereocenters. The van der Waals surface area contributed by atoms with E-state index in [4.69, 9.17) is 0 Å². The van der Waals surface area contributed by atoms with Crippen LogP contribution in [0.25, 0.3) is 0 Å². The minimum Gasteiger partial charge on any atom is -0.316 e. The van der Waals surface area contributed by atoms with Crippen LogP contribution in [0.3, 0.4) is 0 Å². The first-order valence-electron chi connectivity index (χ1n) is 5.61. The van der Waals surface area contributed by atoms with Crippen LogP contribution in [-0.2, 0) is 13.1 Å². The number of rotatable bonds is 4. The Balaban J connectivity index is 2.22. The van der Waals surface area contributed by atoms with Crippen molar-refractivity contribution < 1.29 is 4.39 Å². The maximum absolute atomic E-state index is 13.5. The van der Waals surface area contributed by atoms with Gasteiger partial charge in [-0.15, -0.1) is 0 Å². The second-order valence-corrected chi connectivity index (χ2v) is 4.03. The molecule has 4 heteroatoms. The van der Waals surface area contributed by atoms with Gasteiger partial charge in [0.1, 0.15) is 5.82 Å². The number of hydrogen-bond donors (Lipinski definition) is 1. The van der Waals surface area contributed by atoms with E-state index in [1.165, 1.54) is 6.07 Å². The first-order valence-corrected chi connectivity index (χ1v) is 5.61. The van der Waals surface area contributed by atoms with Gasteiger partial charge in [-0.05, 0) is 20.0 Å². The van der Waals surface area contributed by atoms with Crippen molar-refractivity contribution >= 4 is 0 Å². The molecular weight excluding hydrogens is 217 g/mol. The fourth-order valence-electron chi connectivity index (χ4n) is 1.80. The maximum atomic E-state index is 13.5. The minimum absolute atomic E-state index is 0.183. The Morgan fingerprint density at radius 2 is 2.06 bits per heavy atom. The first kappa shape index (κ1) is 11.8. The lowest BCUT2D eigenvalue weighted by atomic mass is 10.2. The lowest BCUT2D eigenvalue weighted by Gasteiger charge is -2.06. The second-order valence-electron chi connectivity index (χ2n) is 4.03. The van der Waals surface area contributed by atoms with Crippen molar-refractivity contribution in [3.8, 4) is 0 Å². The molecule has 1 N–H and O–H groups in total. The van der Waals surface area contributed by atoms with Crippen LogP contribution in [0.5, 0.6) is 0 Å². The quantitative estimate of drug-likeness (QED) is 0.876. The lowest BCUT2D eigenvalue weighted by molar-refractivity contribution is 0.579. The van der Waals surface area contributed by atoms with Crippen LogP contribution in [0.2, 0.25) is 0 Å². The summed E-state index contributed by atoms with van der Waals surface area (Å²) < 4.78 is 15.3. The zero-order valence-electron chi connectivity index (χ0n) is 10.1. The summed E-state index contributed by atoms with van der Waals surface area (Å²) >= 11 is 0. The molecule has 2 aromatic rings. The molecule has 3 nitrogen and oxygen atoms in total. The highest BCUT2D eigenvalue weighted by molar-refractivity contribution is 5.21. The molecule has 0 amide bonds. The fraction of sp³-hybridized carbons (Fsp3) is 0.308. The Labute approximate surface area is 100 Å². The molecule has 1 aromatic heterocycles. The Bertz CT molecular complexity index is 505. The van der Waals surface area contributed by atoms with Gasteiger partial charge in [-0.25, -0.2) is 4.39 Å². The van der Waals surface area contributed by atoms with Gasteiger partial charge in [0.05, 0.1) is 12.7 Å². The molecule has 0 aliphatic carbocycles. The number of nitrogens with zero attached hydrogens (tertiary/aromatic N) is 2. The number of nitrogens with one attached hydrogen (secondary N) is 1. The summed E-state index contributed by atoms with van der Waals surface area (Å²) in [6.45, 7) is 3.26. The standard InChI is InChI=1S/C13H16FN3/c1-10-12(7-15-2)8-16-17(10)9-11-5-3-4-6-13(11)14/h3-6,8,15H,7,9H2,1-2H3. The molecule has 90 valence electrons. The number of hydrogen-bond acceptors (Lipinski definition) is 2. The van der Waals surface area contributed by atoms with Crippen molar-refractivity contribution in [3.05, 3.63) is 53.1 Å². The normalized spacial score (nSPS) is 10.8. The summed E-state index contributed by atoms with van der Waals surface area (Å²) in [5.74, 6) is -0.183. The van der Waals surface area contributed by atoms with E-state index in [0.29, 0.717) is 12.1 Å². The molecule has 2 rings (SSSR count). The van der Waals surface area contributed by atoms with Crippen molar-refractivity contribution in [3.63, 3.8) is 0 Å². The molecule has 0 fully saturated rings. The van der Waals surface area contributed by atoms with E-state index < -0.39 is 0 Å². The van der Waals surface area contributed by atoms with Gasteiger partial charge in [-0.3, -0.25) is 4.68 Å². The van der Waals surface area contributed by atoms with E-state index in [-0.39, 0.29) is 5.82 Å². The van der Waals surface area contributed by atoms with E-state index in [0.717, 1.165) is 17.8 Å². The first-order chi connectivity index (χ1) is 8.22. The van der Waals surface area contributed by atoms with Crippen molar-refractivity contribution in [1.29, 1.82) is 0 Å². The van der Waals surface area contributed by atoms with Gasteiger partial charge in [0.25, 0.3) is 0 Å². The van der Waals surface area contributed by atoms with E-state index in [2.05, 4.69) is 10.4 Å². The molecule has 0 radical (unpaired) electrons. The SMILES string of the molecule is CNCc1cnn(Cc2ccccc2F)c1C. The topological polar surface area (TPSA) is 29.9 Å². The molecule has 0 bridgehead atoms. The van der Waals surface area contributed by atoms with Gasteiger partial charge in [-0.2, -0.15) is 5.10 Å². The van der Waals surface area contributed by atoms with Crippen LogP contribution >= 0.6 is 0 Å². The summed E-state index contributed by atoms with van der Waals surface area (Å²) in [5, 5.41) is 7.37. The Hall–Kier alpha value is -1.68. The molecular formula is C13H16FN3. The fourth-order valence-corrected chi connectivity index (χ4v) is 1.80. The molecule has 1 heterocycles. The van der Waals surface area contributed by atoms with Crippen LogP contribution in [0, 0.1) is 12.7 Å². The van der Waals surface area contributed by atoms with Gasteiger partial charge in [-0.1, -0.05) is 18.2 Å². The van der Waals surface area contributed by atoms with Crippen LogP contribution in [0.1, 0.15) is 16.8 Å². The van der Waals surface area contributed by atoms with Gasteiger partial charge < -0.3 is 5.32 Å². The molecule has 0 aliphatic rings. The smallest absolute Gasteiger partial charge is 0.128 e. The highest BCUT2D eigenvalue weighted by Gasteiger charge is 2.08. The predicted molar refractivity (Wildman–Crippen MR) is 65.2 cm³/mol. The monoisotopic (exact) mass is 233 g/mol. The van der Waals surface area contributed by atoms with Crippen LogP contribution in [0.4, 0.5) is 4.39 Å². The van der Waals surface area contributed by atoms with E-state index in [9.17, 15) is 4.39 Å². The third kappa shape index (κ3) is 2.53. The molecule has 0 saturated carbocycles. The highest BCUT2D eigenvalue weighted by Crippen LogP contribution is 2.12. The summed E-state index contributed by atoms with van der Waals surface area (Å²) in [5.41, 5.74) is 2.88. The largest absolute Gasteiger partial charge is 0.316 e. The molecule has 0 spiro atoms. The van der Waals surface area contributed by atoms with Gasteiger partial charge in [0.15, 0.2) is 0 Å². The highest BCUT2D eigenvalue weighted by atomic mass is 19.1. The Kier molecular flexibility index (Phi) is 3.54. The number of benzene rings is 1. The maximum Gasteiger partial charge on any atom is 0.128 e. The summed E-state index contributed by atoms with van der Waals surface area (Å²) in [4.78, 5) is 0. The zero-order valence-corrected chi connectivity index (χ0v) is 10.1. The third-order valence-corrected chi connectivity index (χ3v) is 2.85. The van der Waals surface area contributed by atoms with Gasteiger partial charge >= 0.3 is 0 Å². The lowest BCUT2D eigenvalue weighted by Crippen LogP contribution is -2.08. The van der Waals surface area contributed by atoms with E-state index >= 15 is 0 Å². The van der Waals surface area contributed by atoms with E-state index in [1.807, 2.05) is 30.9 Å².